The smallest absolute Gasteiger partial charge is 0.263 e. The van der Waals surface area contributed by atoms with E-state index in [4.69, 9.17) is 23.2 Å². The average molecular weight is 292 g/mol. The maximum atomic E-state index is 12.0. The van der Waals surface area contributed by atoms with Crippen molar-refractivity contribution in [1.82, 2.24) is 5.32 Å². The van der Waals surface area contributed by atoms with Gasteiger partial charge in [0.05, 0.1) is 10.4 Å². The summed E-state index contributed by atoms with van der Waals surface area (Å²) in [7, 11) is 0. The molecular weight excluding hydrogens is 277 g/mol. The molecule has 0 spiro atoms. The quantitative estimate of drug-likeness (QED) is 0.820. The largest absolute Gasteiger partial charge is 0.347 e. The van der Waals surface area contributed by atoms with Crippen molar-refractivity contribution in [3.8, 4) is 0 Å². The van der Waals surface area contributed by atoms with Crippen molar-refractivity contribution in [3.63, 3.8) is 0 Å². The van der Waals surface area contributed by atoms with Gasteiger partial charge in [-0.15, -0.1) is 22.9 Å². The van der Waals surface area contributed by atoms with E-state index in [-0.39, 0.29) is 17.3 Å². The molecule has 1 aromatic heterocycles. The number of rotatable bonds is 2. The molecule has 2 atom stereocenters. The Morgan fingerprint density at radius 1 is 1.47 bits per heavy atom. The van der Waals surface area contributed by atoms with E-state index in [1.165, 1.54) is 11.3 Å². The van der Waals surface area contributed by atoms with Gasteiger partial charge in [0.1, 0.15) is 4.88 Å². The van der Waals surface area contributed by atoms with Crippen LogP contribution in [0, 0.1) is 6.92 Å². The summed E-state index contributed by atoms with van der Waals surface area (Å²) in [5.74, 6) is -0.0920. The molecule has 5 heteroatoms. The number of aryl methyl sites for hydroxylation is 1. The number of carbonyl (C=O) groups is 1. The fourth-order valence-electron chi connectivity index (χ4n) is 2.07. The Kier molecular flexibility index (Phi) is 4.34. The predicted molar refractivity (Wildman–Crippen MR) is 73.4 cm³/mol. The van der Waals surface area contributed by atoms with Crippen molar-refractivity contribution in [2.45, 2.75) is 44.0 Å². The summed E-state index contributed by atoms with van der Waals surface area (Å²) in [5.41, 5.74) is 0.952. The molecule has 1 fully saturated rings. The number of nitrogens with one attached hydrogen (secondary N) is 1. The molecule has 2 rings (SSSR count). The average Bonchev–Trinajstić information content (AvgIpc) is 2.63. The van der Waals surface area contributed by atoms with Gasteiger partial charge in [-0.1, -0.05) is 24.4 Å². The Bertz CT molecular complexity index is 419. The molecule has 0 aromatic carbocycles. The van der Waals surface area contributed by atoms with Crippen LogP contribution in [0.5, 0.6) is 0 Å². The fourth-order valence-corrected chi connectivity index (χ4v) is 3.59. The molecule has 1 N–H and O–H groups in total. The van der Waals surface area contributed by atoms with E-state index in [0.717, 1.165) is 31.2 Å². The van der Waals surface area contributed by atoms with Gasteiger partial charge in [0.2, 0.25) is 0 Å². The van der Waals surface area contributed by atoms with E-state index >= 15 is 0 Å². The molecule has 1 aliphatic rings. The molecule has 2 nitrogen and oxygen atoms in total. The third kappa shape index (κ3) is 2.95. The SMILES string of the molecule is Cc1csc(C(=O)NC2CCCCC2Cl)c1Cl. The molecule has 0 bridgehead atoms. The van der Waals surface area contributed by atoms with Crippen LogP contribution >= 0.6 is 34.5 Å². The lowest BCUT2D eigenvalue weighted by atomic mass is 9.95. The minimum atomic E-state index is -0.0920. The Hall–Kier alpha value is -0.250. The molecular formula is C12H15Cl2NOS. The van der Waals surface area contributed by atoms with Crippen molar-refractivity contribution in [2.75, 3.05) is 0 Å². The molecule has 94 valence electrons. The second kappa shape index (κ2) is 5.59. The first-order chi connectivity index (χ1) is 8.09. The number of carbonyl (C=O) groups excluding carboxylic acids is 1. The van der Waals surface area contributed by atoms with Crippen molar-refractivity contribution < 1.29 is 4.79 Å². The second-order valence-corrected chi connectivity index (χ2v) is 6.26. The van der Waals surface area contributed by atoms with E-state index in [9.17, 15) is 4.79 Å². The summed E-state index contributed by atoms with van der Waals surface area (Å²) >= 11 is 13.7. The first-order valence-electron chi connectivity index (χ1n) is 5.78. The van der Waals surface area contributed by atoms with Crippen molar-refractivity contribution >= 4 is 40.4 Å². The standard InChI is InChI=1S/C12H15Cl2NOS/c1-7-6-17-11(10(7)14)12(16)15-9-5-3-2-4-8(9)13/h6,8-9H,2-5H2,1H3,(H,15,16). The summed E-state index contributed by atoms with van der Waals surface area (Å²) in [5, 5.41) is 5.51. The number of thiophene rings is 1. The van der Waals surface area contributed by atoms with E-state index in [1.54, 1.807) is 0 Å². The van der Waals surface area contributed by atoms with Gasteiger partial charge < -0.3 is 5.32 Å². The summed E-state index contributed by atoms with van der Waals surface area (Å²) in [6.45, 7) is 1.90. The molecule has 1 heterocycles. The zero-order valence-corrected chi connectivity index (χ0v) is 12.0. The second-order valence-electron chi connectivity index (χ2n) is 4.44. The number of amides is 1. The van der Waals surface area contributed by atoms with Gasteiger partial charge in [0.25, 0.3) is 5.91 Å². The highest BCUT2D eigenvalue weighted by atomic mass is 35.5. The fraction of sp³-hybridized carbons (Fsp3) is 0.583. The molecule has 1 saturated carbocycles. The molecule has 0 radical (unpaired) electrons. The highest BCUT2D eigenvalue weighted by Crippen LogP contribution is 2.28. The number of halogens is 2. The van der Waals surface area contributed by atoms with Crippen LogP contribution in [0.25, 0.3) is 0 Å². The molecule has 0 aliphatic heterocycles. The van der Waals surface area contributed by atoms with Crippen molar-refractivity contribution in [1.29, 1.82) is 0 Å². The maximum absolute atomic E-state index is 12.0. The van der Waals surface area contributed by atoms with Gasteiger partial charge in [-0.05, 0) is 30.7 Å². The first-order valence-corrected chi connectivity index (χ1v) is 7.47. The number of hydrogen-bond acceptors (Lipinski definition) is 2. The van der Waals surface area contributed by atoms with Gasteiger partial charge in [0, 0.05) is 6.04 Å². The molecule has 2 unspecified atom stereocenters. The molecule has 1 amide bonds. The highest BCUT2D eigenvalue weighted by Gasteiger charge is 2.26. The van der Waals surface area contributed by atoms with Crippen LogP contribution in [0.4, 0.5) is 0 Å². The van der Waals surface area contributed by atoms with Gasteiger partial charge in [0.15, 0.2) is 0 Å². The molecule has 0 saturated heterocycles. The lowest BCUT2D eigenvalue weighted by Crippen LogP contribution is -2.42. The predicted octanol–water partition coefficient (Wildman–Crippen LogP) is 3.99. The van der Waals surface area contributed by atoms with E-state index < -0.39 is 0 Å². The van der Waals surface area contributed by atoms with Crippen LogP contribution in [-0.2, 0) is 0 Å². The van der Waals surface area contributed by atoms with Crippen LogP contribution in [0.1, 0.15) is 40.9 Å². The van der Waals surface area contributed by atoms with Gasteiger partial charge in [-0.2, -0.15) is 0 Å². The summed E-state index contributed by atoms with van der Waals surface area (Å²) < 4.78 is 0. The third-order valence-corrected chi connectivity index (χ3v) is 5.32. The van der Waals surface area contributed by atoms with Gasteiger partial charge in [-0.3, -0.25) is 4.79 Å². The molecule has 1 aromatic rings. The lowest BCUT2D eigenvalue weighted by Gasteiger charge is -2.27. The van der Waals surface area contributed by atoms with Crippen LogP contribution in [0.3, 0.4) is 0 Å². The molecule has 1 aliphatic carbocycles. The van der Waals surface area contributed by atoms with E-state index in [1.807, 2.05) is 12.3 Å². The summed E-state index contributed by atoms with van der Waals surface area (Å²) in [6.07, 6.45) is 4.22. The Morgan fingerprint density at radius 2 is 2.18 bits per heavy atom. The topological polar surface area (TPSA) is 29.1 Å². The van der Waals surface area contributed by atoms with Crippen LogP contribution in [-0.4, -0.2) is 17.3 Å². The summed E-state index contributed by atoms with van der Waals surface area (Å²) in [4.78, 5) is 12.6. The van der Waals surface area contributed by atoms with Crippen LogP contribution < -0.4 is 5.32 Å². The van der Waals surface area contributed by atoms with E-state index in [0.29, 0.717) is 9.90 Å². The normalized spacial score (nSPS) is 24.6. The van der Waals surface area contributed by atoms with Crippen LogP contribution in [0.2, 0.25) is 5.02 Å². The monoisotopic (exact) mass is 291 g/mol. The zero-order valence-electron chi connectivity index (χ0n) is 9.63. The van der Waals surface area contributed by atoms with Gasteiger partial charge in [-0.25, -0.2) is 0 Å². The molecule has 17 heavy (non-hydrogen) atoms. The zero-order chi connectivity index (χ0) is 12.4. The first kappa shape index (κ1) is 13.2. The number of alkyl halides is 1. The lowest BCUT2D eigenvalue weighted by molar-refractivity contribution is 0.0933. The summed E-state index contributed by atoms with van der Waals surface area (Å²) in [6, 6.07) is 0.0800. The maximum Gasteiger partial charge on any atom is 0.263 e. The minimum absolute atomic E-state index is 0.0486. The highest BCUT2D eigenvalue weighted by molar-refractivity contribution is 7.13. The number of hydrogen-bond donors (Lipinski definition) is 1. The van der Waals surface area contributed by atoms with E-state index in [2.05, 4.69) is 5.32 Å². The Balaban J connectivity index is 2.03. The minimum Gasteiger partial charge on any atom is -0.347 e. The Labute approximate surface area is 115 Å². The van der Waals surface area contributed by atoms with Crippen molar-refractivity contribution in [3.05, 3.63) is 20.8 Å². The van der Waals surface area contributed by atoms with Gasteiger partial charge >= 0.3 is 0 Å². The Morgan fingerprint density at radius 3 is 2.76 bits per heavy atom. The van der Waals surface area contributed by atoms with Crippen LogP contribution in [0.15, 0.2) is 5.38 Å². The van der Waals surface area contributed by atoms with Crippen molar-refractivity contribution in [2.24, 2.45) is 0 Å². The third-order valence-electron chi connectivity index (χ3n) is 3.10.